The molecule has 1 saturated carbocycles. The van der Waals surface area contributed by atoms with Crippen LogP contribution in [0.5, 0.6) is 0 Å². The lowest BCUT2D eigenvalue weighted by Crippen LogP contribution is -2.44. The minimum absolute atomic E-state index is 0.0934. The van der Waals surface area contributed by atoms with Crippen LogP contribution in [0.4, 0.5) is 5.13 Å². The van der Waals surface area contributed by atoms with E-state index in [4.69, 9.17) is 0 Å². The summed E-state index contributed by atoms with van der Waals surface area (Å²) in [5, 5.41) is 15.9. The largest absolute Gasteiger partial charge is 0.315 e. The number of carbonyl (C=O) groups excluding carboxylic acids is 1. The van der Waals surface area contributed by atoms with Gasteiger partial charge in [-0.05, 0) is 37.4 Å². The van der Waals surface area contributed by atoms with Crippen molar-refractivity contribution < 1.29 is 4.79 Å². The monoisotopic (exact) mass is 329 g/mol. The van der Waals surface area contributed by atoms with Gasteiger partial charge in [-0.15, -0.1) is 10.2 Å². The predicted molar refractivity (Wildman–Crippen MR) is 89.0 cm³/mol. The Labute approximate surface area is 138 Å². The van der Waals surface area contributed by atoms with Crippen LogP contribution >= 0.6 is 11.3 Å². The lowest BCUT2D eigenvalue weighted by atomic mass is 9.68. The van der Waals surface area contributed by atoms with Crippen LogP contribution < -0.4 is 10.6 Å². The van der Waals surface area contributed by atoms with Crippen molar-refractivity contribution in [3.8, 4) is 10.7 Å². The van der Waals surface area contributed by atoms with Crippen LogP contribution in [0.2, 0.25) is 0 Å². The Bertz CT molecular complexity index is 704. The molecule has 1 aliphatic heterocycles. The van der Waals surface area contributed by atoms with Crippen molar-refractivity contribution in [2.75, 3.05) is 18.4 Å². The zero-order chi connectivity index (χ0) is 15.7. The Morgan fingerprint density at radius 1 is 1.35 bits per heavy atom. The molecule has 2 aromatic heterocycles. The molecule has 1 aliphatic carbocycles. The number of anilines is 1. The summed E-state index contributed by atoms with van der Waals surface area (Å²) >= 11 is 1.37. The summed E-state index contributed by atoms with van der Waals surface area (Å²) in [5.74, 6) is 0.537. The van der Waals surface area contributed by atoms with Gasteiger partial charge in [0.05, 0.1) is 5.41 Å². The zero-order valence-corrected chi connectivity index (χ0v) is 13.6. The first-order valence-electron chi connectivity index (χ1n) is 8.05. The predicted octanol–water partition coefficient (Wildman–Crippen LogP) is 2.32. The fraction of sp³-hybridized carbons (Fsp3) is 0.500. The van der Waals surface area contributed by atoms with Gasteiger partial charge in [0, 0.05) is 12.7 Å². The average Bonchev–Trinajstić information content (AvgIpc) is 3.23. The standard InChI is InChI=1S/C16H19N5OS/c22-14(16-7-3-1-5-11(16)9-17-10-16)19-15-21-20-13(23-15)12-6-2-4-8-18-12/h2,4,6,8,11,17H,1,3,5,7,9-10H2,(H,19,21,22)/t11-,16+/m0/s1. The second-order valence-corrected chi connectivity index (χ2v) is 7.29. The van der Waals surface area contributed by atoms with Gasteiger partial charge in [-0.3, -0.25) is 15.1 Å². The van der Waals surface area contributed by atoms with Crippen LogP contribution in [-0.2, 0) is 4.79 Å². The summed E-state index contributed by atoms with van der Waals surface area (Å²) in [6.07, 6.45) is 6.17. The van der Waals surface area contributed by atoms with Crippen LogP contribution in [0.1, 0.15) is 25.7 Å². The van der Waals surface area contributed by atoms with Crippen molar-refractivity contribution in [1.29, 1.82) is 0 Å². The van der Waals surface area contributed by atoms with Crippen LogP contribution in [0.15, 0.2) is 24.4 Å². The minimum Gasteiger partial charge on any atom is -0.315 e. The van der Waals surface area contributed by atoms with E-state index in [9.17, 15) is 4.79 Å². The smallest absolute Gasteiger partial charge is 0.234 e. The molecular weight excluding hydrogens is 310 g/mol. The van der Waals surface area contributed by atoms with Crippen molar-refractivity contribution in [2.45, 2.75) is 25.7 Å². The normalized spacial score (nSPS) is 26.7. The van der Waals surface area contributed by atoms with Crippen molar-refractivity contribution in [3.63, 3.8) is 0 Å². The summed E-state index contributed by atoms with van der Waals surface area (Å²) in [4.78, 5) is 17.2. The molecule has 0 unspecified atom stereocenters. The summed E-state index contributed by atoms with van der Waals surface area (Å²) in [7, 11) is 0. The Morgan fingerprint density at radius 3 is 3.17 bits per heavy atom. The molecule has 0 bridgehead atoms. The van der Waals surface area contributed by atoms with Gasteiger partial charge in [0.15, 0.2) is 5.01 Å². The zero-order valence-electron chi connectivity index (χ0n) is 12.8. The molecule has 120 valence electrons. The Morgan fingerprint density at radius 2 is 2.30 bits per heavy atom. The van der Waals surface area contributed by atoms with E-state index in [0.717, 1.165) is 43.1 Å². The SMILES string of the molecule is O=C(Nc1nnc(-c2ccccn2)s1)[C@@]12CCCC[C@H]1CNC2. The molecule has 1 saturated heterocycles. The highest BCUT2D eigenvalue weighted by molar-refractivity contribution is 7.18. The summed E-state index contributed by atoms with van der Waals surface area (Å²) < 4.78 is 0. The van der Waals surface area contributed by atoms with E-state index in [0.29, 0.717) is 11.0 Å². The van der Waals surface area contributed by atoms with E-state index in [2.05, 4.69) is 25.8 Å². The molecule has 0 aromatic carbocycles. The van der Waals surface area contributed by atoms with E-state index in [1.807, 2.05) is 18.2 Å². The summed E-state index contributed by atoms with van der Waals surface area (Å²) in [6.45, 7) is 1.72. The van der Waals surface area contributed by atoms with Crippen molar-refractivity contribution in [1.82, 2.24) is 20.5 Å². The Hall–Kier alpha value is -1.86. The lowest BCUT2D eigenvalue weighted by molar-refractivity contribution is -0.128. The molecular formula is C16H19N5OS. The van der Waals surface area contributed by atoms with E-state index in [-0.39, 0.29) is 11.3 Å². The van der Waals surface area contributed by atoms with Crippen LogP contribution in [-0.4, -0.2) is 34.2 Å². The third-order valence-electron chi connectivity index (χ3n) is 5.02. The van der Waals surface area contributed by atoms with Gasteiger partial charge in [-0.2, -0.15) is 0 Å². The highest BCUT2D eigenvalue weighted by atomic mass is 32.1. The molecule has 0 spiro atoms. The molecule has 6 nitrogen and oxygen atoms in total. The van der Waals surface area contributed by atoms with Gasteiger partial charge in [0.2, 0.25) is 11.0 Å². The van der Waals surface area contributed by atoms with Gasteiger partial charge in [-0.25, -0.2) is 0 Å². The summed E-state index contributed by atoms with van der Waals surface area (Å²) in [6, 6.07) is 5.67. The highest BCUT2D eigenvalue weighted by Crippen LogP contribution is 2.44. The number of rotatable bonds is 3. The number of pyridine rings is 1. The van der Waals surface area contributed by atoms with E-state index >= 15 is 0 Å². The fourth-order valence-corrected chi connectivity index (χ4v) is 4.49. The van der Waals surface area contributed by atoms with Gasteiger partial charge < -0.3 is 5.32 Å². The Balaban J connectivity index is 1.52. The number of fused-ring (bicyclic) bond motifs is 1. The maximum atomic E-state index is 12.9. The molecule has 2 fully saturated rings. The molecule has 2 atom stereocenters. The van der Waals surface area contributed by atoms with Gasteiger partial charge in [0.25, 0.3) is 0 Å². The number of aromatic nitrogens is 3. The van der Waals surface area contributed by atoms with Crippen molar-refractivity contribution in [3.05, 3.63) is 24.4 Å². The third kappa shape index (κ3) is 2.64. The van der Waals surface area contributed by atoms with E-state index in [1.54, 1.807) is 6.20 Å². The molecule has 2 N–H and O–H groups in total. The average molecular weight is 329 g/mol. The Kier molecular flexibility index (Phi) is 3.82. The number of nitrogens with one attached hydrogen (secondary N) is 2. The number of amides is 1. The maximum absolute atomic E-state index is 12.9. The first kappa shape index (κ1) is 14.7. The number of carbonyl (C=O) groups is 1. The molecule has 4 rings (SSSR count). The number of hydrogen-bond donors (Lipinski definition) is 2. The van der Waals surface area contributed by atoms with Crippen molar-refractivity contribution >= 4 is 22.4 Å². The van der Waals surface area contributed by atoms with Crippen LogP contribution in [0.3, 0.4) is 0 Å². The molecule has 0 radical (unpaired) electrons. The van der Waals surface area contributed by atoms with Crippen LogP contribution in [0.25, 0.3) is 10.7 Å². The fourth-order valence-electron chi connectivity index (χ4n) is 3.78. The first-order chi connectivity index (χ1) is 11.3. The minimum atomic E-state index is -0.269. The topological polar surface area (TPSA) is 79.8 Å². The quantitative estimate of drug-likeness (QED) is 0.903. The van der Waals surface area contributed by atoms with Crippen LogP contribution in [0, 0.1) is 11.3 Å². The highest BCUT2D eigenvalue weighted by Gasteiger charge is 2.50. The molecule has 23 heavy (non-hydrogen) atoms. The molecule has 2 aliphatic rings. The van der Waals surface area contributed by atoms with Gasteiger partial charge in [-0.1, -0.05) is 30.2 Å². The van der Waals surface area contributed by atoms with Gasteiger partial charge in [0.1, 0.15) is 5.69 Å². The number of hydrogen-bond acceptors (Lipinski definition) is 6. The lowest BCUT2D eigenvalue weighted by Gasteiger charge is -2.36. The first-order valence-corrected chi connectivity index (χ1v) is 8.87. The third-order valence-corrected chi connectivity index (χ3v) is 5.88. The second kappa shape index (κ2) is 5.98. The molecule has 7 heteroatoms. The summed E-state index contributed by atoms with van der Waals surface area (Å²) in [5.41, 5.74) is 0.511. The van der Waals surface area contributed by atoms with E-state index < -0.39 is 0 Å². The molecule has 1 amide bonds. The van der Waals surface area contributed by atoms with E-state index in [1.165, 1.54) is 17.8 Å². The second-order valence-electron chi connectivity index (χ2n) is 6.31. The maximum Gasteiger partial charge on any atom is 0.234 e. The van der Waals surface area contributed by atoms with Gasteiger partial charge >= 0.3 is 0 Å². The molecule has 2 aromatic rings. The molecule has 3 heterocycles. The van der Waals surface area contributed by atoms with Crippen molar-refractivity contribution in [2.24, 2.45) is 11.3 Å². The number of nitrogens with zero attached hydrogens (tertiary/aromatic N) is 3.